The van der Waals surface area contributed by atoms with Gasteiger partial charge in [0.2, 0.25) is 0 Å². The summed E-state index contributed by atoms with van der Waals surface area (Å²) in [4.78, 5) is 4.66. The van der Waals surface area contributed by atoms with Crippen LogP contribution in [0.2, 0.25) is 0 Å². The molecule has 0 saturated carbocycles. The summed E-state index contributed by atoms with van der Waals surface area (Å²) in [5.41, 5.74) is 2.25. The van der Waals surface area contributed by atoms with E-state index in [0.717, 1.165) is 21.8 Å². The fraction of sp³-hybridized carbons (Fsp3) is 0.417. The maximum atomic E-state index is 4.66. The van der Waals surface area contributed by atoms with Crippen LogP contribution in [0.15, 0.2) is 29.0 Å². The van der Waals surface area contributed by atoms with Gasteiger partial charge in [-0.1, -0.05) is 15.9 Å². The summed E-state index contributed by atoms with van der Waals surface area (Å²) in [6, 6.07) is 4.11. The van der Waals surface area contributed by atoms with Gasteiger partial charge in [0.05, 0.1) is 5.69 Å². The Balaban J connectivity index is 1.86. The maximum Gasteiger partial charge on any atom is 0.138 e. The van der Waals surface area contributed by atoms with E-state index in [4.69, 9.17) is 0 Å². The minimum atomic E-state index is 0.786. The summed E-state index contributed by atoms with van der Waals surface area (Å²) in [5.74, 6) is 1.32. The van der Waals surface area contributed by atoms with Gasteiger partial charge >= 0.3 is 0 Å². The Morgan fingerprint density at radius 3 is 3.31 bits per heavy atom. The van der Waals surface area contributed by atoms with E-state index in [1.165, 1.54) is 24.3 Å². The number of hydrogen-bond donors (Lipinski definition) is 0. The Labute approximate surface area is 108 Å². The highest BCUT2D eigenvalue weighted by molar-refractivity contribution is 9.10. The SMILES string of the molecule is Brc1ccn2cc(CC3CCCS3)nc2c1. The number of hydrogen-bond acceptors (Lipinski definition) is 2. The largest absolute Gasteiger partial charge is 0.307 e. The molecule has 0 N–H and O–H groups in total. The number of pyridine rings is 1. The third kappa shape index (κ3) is 2.13. The Bertz CT molecular complexity index is 503. The second-order valence-electron chi connectivity index (χ2n) is 4.18. The van der Waals surface area contributed by atoms with Crippen molar-refractivity contribution >= 4 is 33.3 Å². The van der Waals surface area contributed by atoms with Gasteiger partial charge < -0.3 is 4.40 Å². The molecule has 3 rings (SSSR count). The van der Waals surface area contributed by atoms with Gasteiger partial charge in [0, 0.05) is 28.5 Å². The van der Waals surface area contributed by atoms with Crippen LogP contribution in [0.1, 0.15) is 18.5 Å². The second-order valence-corrected chi connectivity index (χ2v) is 6.51. The van der Waals surface area contributed by atoms with E-state index in [2.05, 4.69) is 55.5 Å². The van der Waals surface area contributed by atoms with E-state index >= 15 is 0 Å². The van der Waals surface area contributed by atoms with Crippen LogP contribution in [-0.4, -0.2) is 20.4 Å². The van der Waals surface area contributed by atoms with Crippen LogP contribution < -0.4 is 0 Å². The van der Waals surface area contributed by atoms with Gasteiger partial charge in [-0.25, -0.2) is 4.98 Å². The number of aromatic nitrogens is 2. The molecule has 3 heterocycles. The standard InChI is InChI=1S/C12H13BrN2S/c13-9-3-4-15-8-10(14-12(15)6-9)7-11-2-1-5-16-11/h3-4,6,8,11H,1-2,5,7H2. The van der Waals surface area contributed by atoms with Gasteiger partial charge in [0.15, 0.2) is 0 Å². The summed E-state index contributed by atoms with van der Waals surface area (Å²) in [6.07, 6.45) is 8.04. The van der Waals surface area contributed by atoms with E-state index < -0.39 is 0 Å². The van der Waals surface area contributed by atoms with Crippen LogP contribution in [0.4, 0.5) is 0 Å². The first-order valence-electron chi connectivity index (χ1n) is 5.56. The Kier molecular flexibility index (Phi) is 2.94. The van der Waals surface area contributed by atoms with Gasteiger partial charge in [-0.15, -0.1) is 0 Å². The number of imidazole rings is 1. The number of nitrogens with zero attached hydrogens (tertiary/aromatic N) is 2. The van der Waals surface area contributed by atoms with Crippen molar-refractivity contribution in [2.75, 3.05) is 5.75 Å². The molecular formula is C12H13BrN2S. The summed E-state index contributed by atoms with van der Waals surface area (Å²) in [5, 5.41) is 0.786. The first-order chi connectivity index (χ1) is 7.81. The zero-order valence-corrected chi connectivity index (χ0v) is 11.3. The molecule has 1 fully saturated rings. The van der Waals surface area contributed by atoms with E-state index in [9.17, 15) is 0 Å². The van der Waals surface area contributed by atoms with Crippen molar-refractivity contribution in [3.05, 3.63) is 34.7 Å². The predicted molar refractivity (Wildman–Crippen MR) is 72.1 cm³/mol. The highest BCUT2D eigenvalue weighted by Gasteiger charge is 2.17. The van der Waals surface area contributed by atoms with E-state index in [1.54, 1.807) is 0 Å². The molecule has 1 atom stereocenters. The summed E-state index contributed by atoms with van der Waals surface area (Å²) >= 11 is 5.56. The molecule has 1 unspecified atom stereocenters. The van der Waals surface area contributed by atoms with Crippen molar-refractivity contribution < 1.29 is 0 Å². The van der Waals surface area contributed by atoms with Crippen LogP contribution in [-0.2, 0) is 6.42 Å². The van der Waals surface area contributed by atoms with Crippen LogP contribution in [0.25, 0.3) is 5.65 Å². The van der Waals surface area contributed by atoms with Crippen molar-refractivity contribution in [3.8, 4) is 0 Å². The van der Waals surface area contributed by atoms with Gasteiger partial charge in [0.25, 0.3) is 0 Å². The molecule has 0 aliphatic carbocycles. The molecule has 2 aromatic heterocycles. The van der Waals surface area contributed by atoms with Gasteiger partial charge in [-0.05, 0) is 30.7 Å². The van der Waals surface area contributed by atoms with Crippen molar-refractivity contribution in [1.29, 1.82) is 0 Å². The lowest BCUT2D eigenvalue weighted by Gasteiger charge is -2.03. The number of fused-ring (bicyclic) bond motifs is 1. The van der Waals surface area contributed by atoms with Crippen molar-refractivity contribution in [3.63, 3.8) is 0 Å². The zero-order chi connectivity index (χ0) is 11.0. The molecule has 4 heteroatoms. The first-order valence-corrected chi connectivity index (χ1v) is 7.40. The number of thioether (sulfide) groups is 1. The fourth-order valence-corrected chi connectivity index (χ4v) is 3.76. The van der Waals surface area contributed by atoms with Crippen molar-refractivity contribution in [2.24, 2.45) is 0 Å². The van der Waals surface area contributed by atoms with Crippen molar-refractivity contribution in [2.45, 2.75) is 24.5 Å². The smallest absolute Gasteiger partial charge is 0.138 e. The lowest BCUT2D eigenvalue weighted by molar-refractivity contribution is 0.767. The van der Waals surface area contributed by atoms with Gasteiger partial charge in [-0.2, -0.15) is 11.8 Å². The number of halogens is 1. The van der Waals surface area contributed by atoms with E-state index in [1.807, 2.05) is 6.07 Å². The maximum absolute atomic E-state index is 4.66. The molecule has 84 valence electrons. The fourth-order valence-electron chi connectivity index (χ4n) is 2.15. The summed E-state index contributed by atoms with van der Waals surface area (Å²) < 4.78 is 3.19. The molecule has 0 aromatic carbocycles. The molecule has 2 nitrogen and oxygen atoms in total. The van der Waals surface area contributed by atoms with Crippen molar-refractivity contribution in [1.82, 2.24) is 9.38 Å². The van der Waals surface area contributed by atoms with Crippen LogP contribution in [0.5, 0.6) is 0 Å². The second kappa shape index (κ2) is 4.41. The molecule has 1 aliphatic rings. The molecular weight excluding hydrogens is 284 g/mol. The highest BCUT2D eigenvalue weighted by atomic mass is 79.9. The molecule has 1 aliphatic heterocycles. The predicted octanol–water partition coefficient (Wildman–Crippen LogP) is 3.53. The normalized spacial score (nSPS) is 20.7. The third-order valence-electron chi connectivity index (χ3n) is 2.93. The van der Waals surface area contributed by atoms with Crippen LogP contribution in [0, 0.1) is 0 Å². The first kappa shape index (κ1) is 10.7. The quantitative estimate of drug-likeness (QED) is 0.843. The minimum absolute atomic E-state index is 0.786. The van der Waals surface area contributed by atoms with Gasteiger partial charge in [-0.3, -0.25) is 0 Å². The molecule has 0 spiro atoms. The van der Waals surface area contributed by atoms with Crippen LogP contribution >= 0.6 is 27.7 Å². The van der Waals surface area contributed by atoms with Crippen LogP contribution in [0.3, 0.4) is 0 Å². The minimum Gasteiger partial charge on any atom is -0.307 e. The number of rotatable bonds is 2. The summed E-state index contributed by atoms with van der Waals surface area (Å²) in [7, 11) is 0. The highest BCUT2D eigenvalue weighted by Crippen LogP contribution is 2.28. The Morgan fingerprint density at radius 2 is 2.50 bits per heavy atom. The van der Waals surface area contributed by atoms with E-state index in [-0.39, 0.29) is 0 Å². The monoisotopic (exact) mass is 296 g/mol. The lowest BCUT2D eigenvalue weighted by Crippen LogP contribution is -2.01. The molecule has 16 heavy (non-hydrogen) atoms. The third-order valence-corrected chi connectivity index (χ3v) is 4.82. The lowest BCUT2D eigenvalue weighted by atomic mass is 10.2. The Morgan fingerprint density at radius 1 is 1.56 bits per heavy atom. The van der Waals surface area contributed by atoms with Gasteiger partial charge in [0.1, 0.15) is 5.65 Å². The molecule has 0 radical (unpaired) electrons. The average Bonchev–Trinajstić information content (AvgIpc) is 2.86. The molecule has 0 bridgehead atoms. The Hall–Kier alpha value is -0.480. The molecule has 0 amide bonds. The topological polar surface area (TPSA) is 17.3 Å². The average molecular weight is 297 g/mol. The molecule has 2 aromatic rings. The molecule has 1 saturated heterocycles. The van der Waals surface area contributed by atoms with E-state index in [0.29, 0.717) is 0 Å². The zero-order valence-electron chi connectivity index (χ0n) is 8.90. The summed E-state index contributed by atoms with van der Waals surface area (Å²) in [6.45, 7) is 0.